The van der Waals surface area contributed by atoms with E-state index in [9.17, 15) is 0 Å². The second-order valence-corrected chi connectivity index (χ2v) is 4.27. The van der Waals surface area contributed by atoms with E-state index in [1.807, 2.05) is 0 Å². The Labute approximate surface area is 94.9 Å². The lowest BCUT2D eigenvalue weighted by atomic mass is 9.98. The molecule has 16 heavy (non-hydrogen) atoms. The molecule has 0 atom stereocenters. The number of H-pyrrole nitrogens is 1. The molecule has 1 aliphatic rings. The summed E-state index contributed by atoms with van der Waals surface area (Å²) in [7, 11) is 0. The average Bonchev–Trinajstić information content (AvgIpc) is 2.74. The van der Waals surface area contributed by atoms with Crippen molar-refractivity contribution in [3.8, 4) is 11.3 Å². The van der Waals surface area contributed by atoms with Crippen LogP contribution in [0, 0.1) is 6.92 Å². The van der Waals surface area contributed by atoms with Crippen LogP contribution >= 0.6 is 0 Å². The molecule has 0 radical (unpaired) electrons. The van der Waals surface area contributed by atoms with Crippen LogP contribution in [0.25, 0.3) is 11.3 Å². The molecule has 1 aliphatic heterocycles. The van der Waals surface area contributed by atoms with Gasteiger partial charge in [-0.2, -0.15) is 5.10 Å². The number of nitrogens with zero attached hydrogens (tertiary/aromatic N) is 1. The molecule has 0 saturated carbocycles. The van der Waals surface area contributed by atoms with Gasteiger partial charge in [0.1, 0.15) is 0 Å². The Bertz CT molecular complexity index is 514. The number of fused-ring (bicyclic) bond motifs is 1. The molecule has 2 N–H and O–H groups in total. The lowest BCUT2D eigenvalue weighted by molar-refractivity contribution is 0.828. The van der Waals surface area contributed by atoms with E-state index in [-0.39, 0.29) is 0 Å². The van der Waals surface area contributed by atoms with E-state index in [1.54, 1.807) is 0 Å². The zero-order chi connectivity index (χ0) is 11.0. The van der Waals surface area contributed by atoms with Gasteiger partial charge in [0, 0.05) is 17.7 Å². The summed E-state index contributed by atoms with van der Waals surface area (Å²) in [4.78, 5) is 0. The maximum absolute atomic E-state index is 4.34. The Hall–Kier alpha value is -1.77. The van der Waals surface area contributed by atoms with Crippen LogP contribution in [-0.4, -0.2) is 16.7 Å². The summed E-state index contributed by atoms with van der Waals surface area (Å²) in [6.07, 6.45) is 2.30. The van der Waals surface area contributed by atoms with Gasteiger partial charge < -0.3 is 5.32 Å². The summed E-state index contributed by atoms with van der Waals surface area (Å²) < 4.78 is 0. The summed E-state index contributed by atoms with van der Waals surface area (Å²) in [5.41, 5.74) is 5.07. The molecule has 1 aromatic heterocycles. The van der Waals surface area contributed by atoms with Crippen molar-refractivity contribution < 1.29 is 0 Å². The Morgan fingerprint density at radius 1 is 1.25 bits per heavy atom. The number of rotatable bonds is 1. The first-order valence-electron chi connectivity index (χ1n) is 5.73. The Morgan fingerprint density at radius 3 is 3.00 bits per heavy atom. The van der Waals surface area contributed by atoms with Gasteiger partial charge in [0.25, 0.3) is 0 Å². The minimum absolute atomic E-state index is 1.03. The third kappa shape index (κ3) is 1.40. The van der Waals surface area contributed by atoms with E-state index in [2.05, 4.69) is 46.7 Å². The van der Waals surface area contributed by atoms with Gasteiger partial charge >= 0.3 is 0 Å². The van der Waals surface area contributed by atoms with Crippen LogP contribution in [0.2, 0.25) is 0 Å². The minimum atomic E-state index is 1.03. The minimum Gasteiger partial charge on any atom is -0.368 e. The molecule has 82 valence electrons. The first kappa shape index (κ1) is 9.46. The van der Waals surface area contributed by atoms with Gasteiger partial charge in [0.15, 0.2) is 5.82 Å². The molecule has 0 aliphatic carbocycles. The van der Waals surface area contributed by atoms with Crippen molar-refractivity contribution in [1.29, 1.82) is 0 Å². The van der Waals surface area contributed by atoms with Gasteiger partial charge in [-0.25, -0.2) is 0 Å². The molecule has 3 heteroatoms. The van der Waals surface area contributed by atoms with E-state index in [1.165, 1.54) is 28.8 Å². The molecule has 0 unspecified atom stereocenters. The lowest BCUT2D eigenvalue weighted by Gasteiger charge is -2.13. The zero-order valence-corrected chi connectivity index (χ0v) is 9.38. The van der Waals surface area contributed by atoms with Crippen molar-refractivity contribution >= 4 is 5.82 Å². The molecule has 3 nitrogen and oxygen atoms in total. The van der Waals surface area contributed by atoms with Crippen molar-refractivity contribution in [3.63, 3.8) is 0 Å². The SMILES string of the molecule is Cc1ccccc1-c1[nH]nc2c1CCCN2. The fourth-order valence-electron chi connectivity index (χ4n) is 2.30. The first-order valence-corrected chi connectivity index (χ1v) is 5.73. The highest BCUT2D eigenvalue weighted by molar-refractivity contribution is 5.72. The first-order chi connectivity index (χ1) is 7.86. The second-order valence-electron chi connectivity index (χ2n) is 4.27. The van der Waals surface area contributed by atoms with Gasteiger partial charge in [-0.1, -0.05) is 24.3 Å². The molecular formula is C13H15N3. The topological polar surface area (TPSA) is 40.7 Å². The number of benzene rings is 1. The highest BCUT2D eigenvalue weighted by Gasteiger charge is 2.18. The summed E-state index contributed by atoms with van der Waals surface area (Å²) in [6, 6.07) is 8.43. The molecule has 0 fully saturated rings. The molecule has 2 aromatic rings. The largest absolute Gasteiger partial charge is 0.368 e. The number of aromatic nitrogens is 2. The van der Waals surface area contributed by atoms with Gasteiger partial charge in [0.2, 0.25) is 0 Å². The Balaban J connectivity index is 2.13. The second kappa shape index (κ2) is 3.67. The van der Waals surface area contributed by atoms with Gasteiger partial charge in [0.05, 0.1) is 5.69 Å². The zero-order valence-electron chi connectivity index (χ0n) is 9.38. The third-order valence-electron chi connectivity index (χ3n) is 3.18. The predicted octanol–water partition coefficient (Wildman–Crippen LogP) is 2.74. The molecule has 2 heterocycles. The smallest absolute Gasteiger partial charge is 0.151 e. The third-order valence-corrected chi connectivity index (χ3v) is 3.18. The number of hydrogen-bond acceptors (Lipinski definition) is 2. The molecule has 3 rings (SSSR count). The number of aromatic amines is 1. The van der Waals surface area contributed by atoms with Crippen LogP contribution in [-0.2, 0) is 6.42 Å². The predicted molar refractivity (Wildman–Crippen MR) is 65.6 cm³/mol. The van der Waals surface area contributed by atoms with Crippen molar-refractivity contribution in [3.05, 3.63) is 35.4 Å². The number of nitrogens with one attached hydrogen (secondary N) is 2. The van der Waals surface area contributed by atoms with Crippen molar-refractivity contribution in [2.45, 2.75) is 19.8 Å². The fourth-order valence-corrected chi connectivity index (χ4v) is 2.30. The van der Waals surface area contributed by atoms with E-state index < -0.39 is 0 Å². The molecule has 1 aromatic carbocycles. The molecule has 0 bridgehead atoms. The number of aryl methyl sites for hydroxylation is 1. The van der Waals surface area contributed by atoms with E-state index in [0.29, 0.717) is 0 Å². The van der Waals surface area contributed by atoms with E-state index in [0.717, 1.165) is 18.8 Å². The van der Waals surface area contributed by atoms with Gasteiger partial charge in [-0.3, -0.25) is 5.10 Å². The normalized spacial score (nSPS) is 14.3. The van der Waals surface area contributed by atoms with Crippen LogP contribution in [0.15, 0.2) is 24.3 Å². The Morgan fingerprint density at radius 2 is 2.12 bits per heavy atom. The highest BCUT2D eigenvalue weighted by atomic mass is 15.2. The molecule has 0 saturated heterocycles. The monoisotopic (exact) mass is 213 g/mol. The number of anilines is 1. The van der Waals surface area contributed by atoms with Crippen molar-refractivity contribution in [2.24, 2.45) is 0 Å². The maximum Gasteiger partial charge on any atom is 0.151 e. The maximum atomic E-state index is 4.34. The van der Waals surface area contributed by atoms with Crippen LogP contribution in [0.3, 0.4) is 0 Å². The van der Waals surface area contributed by atoms with E-state index >= 15 is 0 Å². The highest BCUT2D eigenvalue weighted by Crippen LogP contribution is 2.31. The molecule has 0 amide bonds. The van der Waals surface area contributed by atoms with E-state index in [4.69, 9.17) is 0 Å². The number of hydrogen-bond donors (Lipinski definition) is 2. The standard InChI is InChI=1S/C13H15N3/c1-9-5-2-3-6-10(9)12-11-7-4-8-14-13(11)16-15-12/h2-3,5-6H,4,7-8H2,1H3,(H2,14,15,16). The van der Waals surface area contributed by atoms with Crippen LogP contribution in [0.5, 0.6) is 0 Å². The quantitative estimate of drug-likeness (QED) is 0.764. The lowest BCUT2D eigenvalue weighted by Crippen LogP contribution is -2.11. The van der Waals surface area contributed by atoms with Crippen molar-refractivity contribution in [1.82, 2.24) is 10.2 Å². The van der Waals surface area contributed by atoms with Crippen LogP contribution in [0.4, 0.5) is 5.82 Å². The summed E-state index contributed by atoms with van der Waals surface area (Å²) >= 11 is 0. The molecule has 0 spiro atoms. The molecular weight excluding hydrogens is 198 g/mol. The summed E-state index contributed by atoms with van der Waals surface area (Å²) in [5.74, 6) is 1.03. The van der Waals surface area contributed by atoms with Crippen LogP contribution in [0.1, 0.15) is 17.5 Å². The van der Waals surface area contributed by atoms with Gasteiger partial charge in [-0.15, -0.1) is 0 Å². The summed E-state index contributed by atoms with van der Waals surface area (Å²) in [5, 5.41) is 10.8. The van der Waals surface area contributed by atoms with Crippen molar-refractivity contribution in [2.75, 3.05) is 11.9 Å². The fraction of sp³-hybridized carbons (Fsp3) is 0.308. The summed E-state index contributed by atoms with van der Waals surface area (Å²) in [6.45, 7) is 3.17. The Kier molecular flexibility index (Phi) is 2.17. The van der Waals surface area contributed by atoms with Crippen LogP contribution < -0.4 is 5.32 Å². The van der Waals surface area contributed by atoms with Gasteiger partial charge in [-0.05, 0) is 25.3 Å². The average molecular weight is 213 g/mol.